The predicted molar refractivity (Wildman–Crippen MR) is 71.1 cm³/mol. The Hall–Kier alpha value is -1.49. The number of aryl methyl sites for hydroxylation is 1. The van der Waals surface area contributed by atoms with Crippen molar-refractivity contribution >= 4 is 15.9 Å². The van der Waals surface area contributed by atoms with Gasteiger partial charge in [-0.2, -0.15) is 0 Å². The van der Waals surface area contributed by atoms with E-state index in [1.54, 1.807) is 24.3 Å². The minimum atomic E-state index is -0.410. The molecule has 0 saturated carbocycles. The molecule has 5 heteroatoms. The molecular weight excluding hydrogens is 299 g/mol. The summed E-state index contributed by atoms with van der Waals surface area (Å²) in [5.41, 5.74) is 0.956. The van der Waals surface area contributed by atoms with Crippen LogP contribution in [0.3, 0.4) is 0 Å². The van der Waals surface area contributed by atoms with Gasteiger partial charge in [0, 0.05) is 12.0 Å². The van der Waals surface area contributed by atoms with Crippen molar-refractivity contribution in [3.63, 3.8) is 0 Å². The van der Waals surface area contributed by atoms with E-state index < -0.39 is 5.82 Å². The Morgan fingerprint density at radius 2 is 2.11 bits per heavy atom. The van der Waals surface area contributed by atoms with Gasteiger partial charge in [0.05, 0.1) is 12.8 Å². The van der Waals surface area contributed by atoms with Gasteiger partial charge in [-0.1, -0.05) is 13.0 Å². The predicted octanol–water partition coefficient (Wildman–Crippen LogP) is 3.62. The molecule has 0 spiro atoms. The van der Waals surface area contributed by atoms with Crippen LogP contribution >= 0.6 is 15.9 Å². The van der Waals surface area contributed by atoms with Gasteiger partial charge in [-0.05, 0) is 34.1 Å². The Labute approximate surface area is 113 Å². The van der Waals surface area contributed by atoms with Crippen LogP contribution in [0.25, 0.3) is 11.3 Å². The molecule has 18 heavy (non-hydrogen) atoms. The van der Waals surface area contributed by atoms with Gasteiger partial charge in [0.25, 0.3) is 0 Å². The molecule has 2 rings (SSSR count). The molecule has 0 fully saturated rings. The molecule has 1 heterocycles. The van der Waals surface area contributed by atoms with Crippen molar-refractivity contribution in [2.45, 2.75) is 13.3 Å². The number of aromatic nitrogens is 2. The molecule has 0 N–H and O–H groups in total. The van der Waals surface area contributed by atoms with E-state index in [1.165, 1.54) is 7.11 Å². The maximum atomic E-state index is 14.1. The average Bonchev–Trinajstić information content (AvgIpc) is 2.38. The lowest BCUT2D eigenvalue weighted by Gasteiger charge is -2.08. The zero-order valence-electron chi connectivity index (χ0n) is 10.1. The molecule has 1 aromatic carbocycles. The lowest BCUT2D eigenvalue weighted by atomic mass is 10.1. The molecule has 0 unspecified atom stereocenters. The maximum Gasteiger partial charge on any atom is 0.174 e. The van der Waals surface area contributed by atoms with Crippen LogP contribution in [0.15, 0.2) is 28.9 Å². The number of hydrogen-bond acceptors (Lipinski definition) is 3. The zero-order chi connectivity index (χ0) is 13.1. The third kappa shape index (κ3) is 2.51. The number of halogens is 2. The largest absolute Gasteiger partial charge is 0.494 e. The summed E-state index contributed by atoms with van der Waals surface area (Å²) in [7, 11) is 1.44. The van der Waals surface area contributed by atoms with Gasteiger partial charge in [-0.15, -0.1) is 0 Å². The normalized spacial score (nSPS) is 10.4. The van der Waals surface area contributed by atoms with Crippen LogP contribution in [0.2, 0.25) is 0 Å². The second-order valence-corrected chi connectivity index (χ2v) is 4.48. The maximum absolute atomic E-state index is 14.1. The molecular formula is C13H12BrFN2O. The topological polar surface area (TPSA) is 35.0 Å². The first kappa shape index (κ1) is 13.0. The Morgan fingerprint density at radius 3 is 2.78 bits per heavy atom. The van der Waals surface area contributed by atoms with Gasteiger partial charge in [-0.3, -0.25) is 0 Å². The summed E-state index contributed by atoms with van der Waals surface area (Å²) in [5, 5.41) is 0. The van der Waals surface area contributed by atoms with E-state index in [9.17, 15) is 4.39 Å². The number of rotatable bonds is 3. The van der Waals surface area contributed by atoms with Gasteiger partial charge in [-0.25, -0.2) is 14.4 Å². The second kappa shape index (κ2) is 5.44. The third-order valence-electron chi connectivity index (χ3n) is 2.52. The quantitative estimate of drug-likeness (QED) is 0.812. The summed E-state index contributed by atoms with van der Waals surface area (Å²) in [4.78, 5) is 8.52. The molecule has 0 atom stereocenters. The molecule has 3 nitrogen and oxygen atoms in total. The number of hydrogen-bond donors (Lipinski definition) is 0. The van der Waals surface area contributed by atoms with Crippen molar-refractivity contribution in [3.05, 3.63) is 40.5 Å². The van der Waals surface area contributed by atoms with Crippen LogP contribution in [0.1, 0.15) is 12.7 Å². The second-order valence-electron chi connectivity index (χ2n) is 3.67. The summed E-state index contributed by atoms with van der Waals surface area (Å²) < 4.78 is 19.7. The average molecular weight is 311 g/mol. The monoisotopic (exact) mass is 310 g/mol. The summed E-state index contributed by atoms with van der Waals surface area (Å²) in [6.07, 6.45) is 0.692. The molecule has 0 aliphatic heterocycles. The zero-order valence-corrected chi connectivity index (χ0v) is 11.7. The van der Waals surface area contributed by atoms with Crippen molar-refractivity contribution in [1.29, 1.82) is 0 Å². The van der Waals surface area contributed by atoms with Crippen LogP contribution in [0.4, 0.5) is 4.39 Å². The Bertz CT molecular complexity index is 575. The van der Waals surface area contributed by atoms with E-state index in [4.69, 9.17) is 4.74 Å². The Balaban J connectivity index is 2.58. The van der Waals surface area contributed by atoms with Crippen molar-refractivity contribution in [2.24, 2.45) is 0 Å². The summed E-state index contributed by atoms with van der Waals surface area (Å²) >= 11 is 3.31. The molecule has 1 aromatic heterocycles. The minimum Gasteiger partial charge on any atom is -0.494 e. The summed E-state index contributed by atoms with van der Waals surface area (Å²) in [5.74, 6) is 0.467. The van der Waals surface area contributed by atoms with Crippen LogP contribution in [-0.4, -0.2) is 17.1 Å². The van der Waals surface area contributed by atoms with Gasteiger partial charge in [0.2, 0.25) is 0 Å². The smallest absolute Gasteiger partial charge is 0.174 e. The van der Waals surface area contributed by atoms with E-state index in [0.717, 1.165) is 0 Å². The van der Waals surface area contributed by atoms with E-state index in [1.807, 2.05) is 6.92 Å². The minimum absolute atomic E-state index is 0.209. The van der Waals surface area contributed by atoms with Crippen LogP contribution in [0.5, 0.6) is 5.75 Å². The molecule has 94 valence electrons. The number of nitrogens with zero attached hydrogens (tertiary/aromatic N) is 2. The first-order chi connectivity index (χ1) is 8.65. The van der Waals surface area contributed by atoms with E-state index in [2.05, 4.69) is 25.9 Å². The molecule has 0 amide bonds. The van der Waals surface area contributed by atoms with Crippen molar-refractivity contribution in [3.8, 4) is 17.0 Å². The number of ether oxygens (including phenoxy) is 1. The summed E-state index contributed by atoms with van der Waals surface area (Å²) in [6.45, 7) is 1.95. The van der Waals surface area contributed by atoms with E-state index in [0.29, 0.717) is 28.1 Å². The SMILES string of the molecule is CCc1nc(Br)cc(-c2cccc(OC)c2F)n1. The standard InChI is InChI=1S/C13H12BrFN2O/c1-3-12-16-9(7-11(14)17-12)8-5-4-6-10(18-2)13(8)15/h4-7H,3H2,1-2H3. The lowest BCUT2D eigenvalue weighted by molar-refractivity contribution is 0.387. The first-order valence-corrected chi connectivity index (χ1v) is 6.31. The fourth-order valence-corrected chi connectivity index (χ4v) is 2.05. The van der Waals surface area contributed by atoms with Crippen LogP contribution in [-0.2, 0) is 6.42 Å². The molecule has 0 aliphatic rings. The van der Waals surface area contributed by atoms with E-state index >= 15 is 0 Å². The highest BCUT2D eigenvalue weighted by molar-refractivity contribution is 9.10. The number of methoxy groups -OCH3 is 1. The molecule has 0 bridgehead atoms. The van der Waals surface area contributed by atoms with Gasteiger partial charge in [0.15, 0.2) is 11.6 Å². The molecule has 0 aliphatic carbocycles. The summed E-state index contributed by atoms with van der Waals surface area (Å²) in [6, 6.07) is 6.68. The Morgan fingerprint density at radius 1 is 1.33 bits per heavy atom. The third-order valence-corrected chi connectivity index (χ3v) is 2.92. The van der Waals surface area contributed by atoms with Crippen LogP contribution in [0, 0.1) is 5.82 Å². The highest BCUT2D eigenvalue weighted by Gasteiger charge is 2.13. The Kier molecular flexibility index (Phi) is 3.91. The molecule has 0 saturated heterocycles. The van der Waals surface area contributed by atoms with Gasteiger partial charge in [0.1, 0.15) is 10.4 Å². The first-order valence-electron chi connectivity index (χ1n) is 5.52. The van der Waals surface area contributed by atoms with Gasteiger partial charge >= 0.3 is 0 Å². The fourth-order valence-electron chi connectivity index (χ4n) is 1.63. The highest BCUT2D eigenvalue weighted by atomic mass is 79.9. The van der Waals surface area contributed by atoms with E-state index in [-0.39, 0.29) is 5.75 Å². The van der Waals surface area contributed by atoms with Crippen LogP contribution < -0.4 is 4.74 Å². The lowest BCUT2D eigenvalue weighted by Crippen LogP contribution is -1.98. The van der Waals surface area contributed by atoms with Crippen molar-refractivity contribution < 1.29 is 9.13 Å². The molecule has 0 radical (unpaired) electrons. The molecule has 2 aromatic rings. The fraction of sp³-hybridized carbons (Fsp3) is 0.231. The van der Waals surface area contributed by atoms with Crippen molar-refractivity contribution in [1.82, 2.24) is 9.97 Å². The van der Waals surface area contributed by atoms with Gasteiger partial charge < -0.3 is 4.74 Å². The highest BCUT2D eigenvalue weighted by Crippen LogP contribution is 2.28. The number of benzene rings is 1. The van der Waals surface area contributed by atoms with Crippen molar-refractivity contribution in [2.75, 3.05) is 7.11 Å².